The van der Waals surface area contributed by atoms with E-state index < -0.39 is 0 Å². The summed E-state index contributed by atoms with van der Waals surface area (Å²) in [5.74, 6) is 0. The fraction of sp³-hybridized carbons (Fsp3) is 0.889. The molecule has 0 aliphatic carbocycles. The van der Waals surface area contributed by atoms with Crippen molar-refractivity contribution in [3.05, 3.63) is 0 Å². The number of hydrogen-bond acceptors (Lipinski definition) is 1. The van der Waals surface area contributed by atoms with Gasteiger partial charge in [0.15, 0.2) is 0 Å². The van der Waals surface area contributed by atoms with Gasteiger partial charge in [-0.2, -0.15) is 0 Å². The largest absolute Gasteiger partial charge is 0.358 e. The molecule has 0 bridgehead atoms. The van der Waals surface area contributed by atoms with E-state index in [4.69, 9.17) is 12.2 Å². The Labute approximate surface area is 121 Å². The third-order valence-electron chi connectivity index (χ3n) is 1.83. The molecule has 0 aliphatic heterocycles. The van der Waals surface area contributed by atoms with Gasteiger partial charge in [-0.15, -0.1) is 12.6 Å². The Morgan fingerprint density at radius 1 is 1.15 bits per heavy atom. The molecule has 75 valence electrons. The average molecular weight is 344 g/mol. The Balaban J connectivity index is 0. The molecule has 13 heavy (non-hydrogen) atoms. The van der Waals surface area contributed by atoms with Gasteiger partial charge in [0.05, 0.1) is 0 Å². The minimum Gasteiger partial charge on any atom is -0.358 e. The summed E-state index contributed by atoms with van der Waals surface area (Å²) >= 11 is 9.23. The number of hydrogen-bond donors (Lipinski definition) is 1. The monoisotopic (exact) mass is 344 g/mol. The Morgan fingerprint density at radius 3 is 1.77 bits per heavy atom. The molecule has 0 atom stereocenters. The first-order chi connectivity index (χ1) is 5.72. The van der Waals surface area contributed by atoms with E-state index in [2.05, 4.69) is 31.4 Å². The van der Waals surface area contributed by atoms with Crippen LogP contribution in [0.25, 0.3) is 0 Å². The second-order valence-corrected chi connectivity index (χ2v) is 4.09. The van der Waals surface area contributed by atoms with Crippen LogP contribution in [0, 0.1) is 35.6 Å². The first kappa shape index (κ1) is 16.8. The SMILES string of the molecule is CCCCN(CCCC)C(=S)S.[La]. The third-order valence-corrected chi connectivity index (χ3v) is 2.37. The maximum absolute atomic E-state index is 5.03. The van der Waals surface area contributed by atoms with Gasteiger partial charge in [0, 0.05) is 48.7 Å². The predicted octanol–water partition coefficient (Wildman–Crippen LogP) is 3.10. The summed E-state index contributed by atoms with van der Waals surface area (Å²) in [4.78, 5) is 2.19. The molecule has 1 radical (unpaired) electrons. The van der Waals surface area contributed by atoms with E-state index in [1.807, 2.05) is 0 Å². The number of rotatable bonds is 6. The van der Waals surface area contributed by atoms with Gasteiger partial charge in [-0.25, -0.2) is 0 Å². The molecular formula is C9H19LaNS2. The molecule has 0 aromatic heterocycles. The van der Waals surface area contributed by atoms with Gasteiger partial charge >= 0.3 is 0 Å². The fourth-order valence-corrected chi connectivity index (χ4v) is 1.38. The molecule has 0 heterocycles. The van der Waals surface area contributed by atoms with Gasteiger partial charge in [-0.3, -0.25) is 0 Å². The summed E-state index contributed by atoms with van der Waals surface area (Å²) in [6, 6.07) is 0. The van der Waals surface area contributed by atoms with Crippen molar-refractivity contribution in [2.75, 3.05) is 13.1 Å². The van der Waals surface area contributed by atoms with E-state index >= 15 is 0 Å². The predicted molar refractivity (Wildman–Crippen MR) is 63.0 cm³/mol. The van der Waals surface area contributed by atoms with Crippen molar-refractivity contribution in [3.63, 3.8) is 0 Å². The molecule has 0 rings (SSSR count). The number of thiol groups is 1. The second-order valence-electron chi connectivity index (χ2n) is 2.98. The molecule has 1 nitrogen and oxygen atoms in total. The summed E-state index contributed by atoms with van der Waals surface area (Å²) in [6.07, 6.45) is 4.87. The minimum atomic E-state index is 0. The van der Waals surface area contributed by atoms with Crippen molar-refractivity contribution in [1.29, 1.82) is 0 Å². The van der Waals surface area contributed by atoms with Gasteiger partial charge in [-0.1, -0.05) is 38.9 Å². The molecule has 0 aromatic rings. The maximum Gasteiger partial charge on any atom is 0.133 e. The molecule has 0 spiro atoms. The van der Waals surface area contributed by atoms with Crippen molar-refractivity contribution in [2.24, 2.45) is 0 Å². The van der Waals surface area contributed by atoms with E-state index in [1.165, 1.54) is 25.7 Å². The molecule has 0 unspecified atom stereocenters. The second kappa shape index (κ2) is 11.5. The van der Waals surface area contributed by atoms with Gasteiger partial charge in [-0.05, 0) is 12.8 Å². The van der Waals surface area contributed by atoms with Crippen LogP contribution in [0.4, 0.5) is 0 Å². The van der Waals surface area contributed by atoms with Gasteiger partial charge in [0.2, 0.25) is 0 Å². The normalized spacial score (nSPS) is 9.15. The Morgan fingerprint density at radius 2 is 1.54 bits per heavy atom. The summed E-state index contributed by atoms with van der Waals surface area (Å²) in [5.41, 5.74) is 0. The molecular weight excluding hydrogens is 325 g/mol. The van der Waals surface area contributed by atoms with Crippen LogP contribution in [-0.2, 0) is 0 Å². The quantitative estimate of drug-likeness (QED) is 0.583. The summed E-state index contributed by atoms with van der Waals surface area (Å²) in [6.45, 7) is 6.52. The van der Waals surface area contributed by atoms with Crippen molar-refractivity contribution < 1.29 is 35.6 Å². The van der Waals surface area contributed by atoms with Crippen LogP contribution in [0.5, 0.6) is 0 Å². The Kier molecular flexibility index (Phi) is 14.9. The average Bonchev–Trinajstić information content (AvgIpc) is 2.04. The van der Waals surface area contributed by atoms with Crippen molar-refractivity contribution in [1.82, 2.24) is 4.90 Å². The molecule has 0 N–H and O–H groups in total. The van der Waals surface area contributed by atoms with Crippen molar-refractivity contribution in [2.45, 2.75) is 39.5 Å². The number of thiocarbonyl (C=S) groups is 1. The fourth-order valence-electron chi connectivity index (χ4n) is 1.00. The van der Waals surface area contributed by atoms with Crippen LogP contribution in [0.2, 0.25) is 0 Å². The zero-order valence-electron chi connectivity index (χ0n) is 8.62. The van der Waals surface area contributed by atoms with Crippen LogP contribution in [0.3, 0.4) is 0 Å². The smallest absolute Gasteiger partial charge is 0.133 e. The third kappa shape index (κ3) is 9.73. The van der Waals surface area contributed by atoms with Crippen molar-refractivity contribution >= 4 is 29.2 Å². The van der Waals surface area contributed by atoms with E-state index in [9.17, 15) is 0 Å². The first-order valence-corrected chi connectivity index (χ1v) is 5.55. The van der Waals surface area contributed by atoms with Crippen LogP contribution < -0.4 is 0 Å². The van der Waals surface area contributed by atoms with Gasteiger partial charge in [0.1, 0.15) is 4.32 Å². The first-order valence-electron chi connectivity index (χ1n) is 4.70. The van der Waals surface area contributed by atoms with E-state index in [1.54, 1.807) is 0 Å². The molecule has 0 saturated heterocycles. The van der Waals surface area contributed by atoms with Crippen LogP contribution in [-0.4, -0.2) is 22.3 Å². The Hall–Kier alpha value is 1.43. The zero-order chi connectivity index (χ0) is 9.40. The van der Waals surface area contributed by atoms with E-state index in [0.717, 1.165) is 17.4 Å². The van der Waals surface area contributed by atoms with E-state index in [-0.39, 0.29) is 35.6 Å². The minimum absolute atomic E-state index is 0. The van der Waals surface area contributed by atoms with Crippen molar-refractivity contribution in [3.8, 4) is 0 Å². The molecule has 0 aromatic carbocycles. The molecule has 4 heteroatoms. The maximum atomic E-state index is 5.03. The zero-order valence-corrected chi connectivity index (χ0v) is 14.0. The summed E-state index contributed by atoms with van der Waals surface area (Å²) in [5, 5.41) is 0. The topological polar surface area (TPSA) is 3.24 Å². The van der Waals surface area contributed by atoms with Crippen LogP contribution >= 0.6 is 24.8 Å². The van der Waals surface area contributed by atoms with Gasteiger partial charge in [0.25, 0.3) is 0 Å². The van der Waals surface area contributed by atoms with Crippen LogP contribution in [0.15, 0.2) is 0 Å². The van der Waals surface area contributed by atoms with Crippen LogP contribution in [0.1, 0.15) is 39.5 Å². The summed E-state index contributed by atoms with van der Waals surface area (Å²) in [7, 11) is 0. The molecule has 0 fully saturated rings. The molecule has 0 aliphatic rings. The number of unbranched alkanes of at least 4 members (excludes halogenated alkanes) is 2. The van der Waals surface area contributed by atoms with Gasteiger partial charge < -0.3 is 4.90 Å². The molecule has 0 amide bonds. The summed E-state index contributed by atoms with van der Waals surface area (Å²) < 4.78 is 0.747. The van der Waals surface area contributed by atoms with E-state index in [0.29, 0.717) is 0 Å². The number of nitrogens with zero attached hydrogens (tertiary/aromatic N) is 1. The Bertz CT molecular complexity index is 123. The standard InChI is InChI=1S/C9H19NS2.La/c1-3-5-7-10(9(11)12)8-6-4-2;/h3-8H2,1-2H3,(H,11,12);. The molecule has 0 saturated carbocycles.